The predicted molar refractivity (Wildman–Crippen MR) is 111 cm³/mol. The third kappa shape index (κ3) is 4.24. The van der Waals surface area contributed by atoms with Crippen LogP contribution in [0.3, 0.4) is 0 Å². The molecular formula is C24H25NO3. The van der Waals surface area contributed by atoms with E-state index >= 15 is 0 Å². The monoisotopic (exact) mass is 375 g/mol. The molecule has 0 fully saturated rings. The standard InChI is InChI=1S/C24H25NO3/c1-28-22-16-14-21(15-17-22)24(19-9-4-2-5-10-19,20-11-6-3-7-12-20)25-18-8-13-23(26)27/h2-7,9-12,14-17,25H,8,13,18H2,1H3,(H,26,27). The summed E-state index contributed by atoms with van der Waals surface area (Å²) < 4.78 is 5.33. The first-order valence-corrected chi connectivity index (χ1v) is 9.39. The van der Waals surface area contributed by atoms with E-state index in [9.17, 15) is 4.79 Å². The number of methoxy groups -OCH3 is 1. The molecule has 144 valence electrons. The fourth-order valence-electron chi connectivity index (χ4n) is 3.54. The first-order valence-electron chi connectivity index (χ1n) is 9.39. The zero-order valence-electron chi connectivity index (χ0n) is 16.0. The predicted octanol–water partition coefficient (Wildman–Crippen LogP) is 4.44. The lowest BCUT2D eigenvalue weighted by molar-refractivity contribution is -0.137. The molecule has 4 nitrogen and oxygen atoms in total. The van der Waals surface area contributed by atoms with E-state index in [4.69, 9.17) is 9.84 Å². The highest BCUT2D eigenvalue weighted by Crippen LogP contribution is 2.37. The Morgan fingerprint density at radius 1 is 0.857 bits per heavy atom. The number of hydrogen-bond donors (Lipinski definition) is 2. The highest BCUT2D eigenvalue weighted by Gasteiger charge is 2.35. The lowest BCUT2D eigenvalue weighted by Gasteiger charge is -2.37. The zero-order chi connectivity index (χ0) is 19.8. The van der Waals surface area contributed by atoms with E-state index < -0.39 is 11.5 Å². The van der Waals surface area contributed by atoms with Crippen molar-refractivity contribution in [3.8, 4) is 5.75 Å². The van der Waals surface area contributed by atoms with E-state index in [-0.39, 0.29) is 6.42 Å². The molecule has 0 unspecified atom stereocenters. The minimum absolute atomic E-state index is 0.134. The van der Waals surface area contributed by atoms with Gasteiger partial charge in [0.2, 0.25) is 0 Å². The highest BCUT2D eigenvalue weighted by atomic mass is 16.5. The molecule has 0 spiro atoms. The fourth-order valence-corrected chi connectivity index (χ4v) is 3.54. The molecule has 0 amide bonds. The fraction of sp³-hybridized carbons (Fsp3) is 0.208. The van der Waals surface area contributed by atoms with E-state index in [0.29, 0.717) is 13.0 Å². The van der Waals surface area contributed by atoms with E-state index in [1.165, 1.54) is 0 Å². The second-order valence-corrected chi connectivity index (χ2v) is 6.63. The summed E-state index contributed by atoms with van der Waals surface area (Å²) in [6.45, 7) is 0.572. The van der Waals surface area contributed by atoms with E-state index in [2.05, 4.69) is 41.7 Å². The Hall–Kier alpha value is -3.11. The number of carboxylic acid groups (broad SMARTS) is 1. The van der Waals surface area contributed by atoms with Crippen LogP contribution in [0.4, 0.5) is 0 Å². The molecule has 0 saturated heterocycles. The Morgan fingerprint density at radius 2 is 1.36 bits per heavy atom. The SMILES string of the molecule is COc1ccc(C(NCCCC(=O)O)(c2ccccc2)c2ccccc2)cc1. The minimum Gasteiger partial charge on any atom is -0.497 e. The van der Waals surface area contributed by atoms with Crippen LogP contribution in [0.5, 0.6) is 5.75 Å². The normalized spacial score (nSPS) is 11.2. The molecule has 28 heavy (non-hydrogen) atoms. The summed E-state index contributed by atoms with van der Waals surface area (Å²) in [5.74, 6) is 0.0147. The number of ether oxygens (including phenoxy) is 1. The number of aliphatic carboxylic acids is 1. The maximum absolute atomic E-state index is 11.0. The first-order chi connectivity index (χ1) is 13.7. The molecule has 0 aromatic heterocycles. The Labute approximate surface area is 165 Å². The molecule has 0 aliphatic rings. The molecule has 2 N–H and O–H groups in total. The van der Waals surface area contributed by atoms with Crippen molar-refractivity contribution in [1.82, 2.24) is 5.32 Å². The van der Waals surface area contributed by atoms with E-state index in [1.54, 1.807) is 7.11 Å². The summed E-state index contributed by atoms with van der Waals surface area (Å²) in [5, 5.41) is 12.7. The van der Waals surface area contributed by atoms with Crippen molar-refractivity contribution < 1.29 is 14.6 Å². The number of carboxylic acids is 1. The molecule has 0 aliphatic heterocycles. The third-order valence-electron chi connectivity index (χ3n) is 4.89. The second kappa shape index (κ2) is 9.20. The quantitative estimate of drug-likeness (QED) is 0.429. The van der Waals surface area contributed by atoms with Crippen molar-refractivity contribution in [2.24, 2.45) is 0 Å². The summed E-state index contributed by atoms with van der Waals surface area (Å²) >= 11 is 0. The van der Waals surface area contributed by atoms with Gasteiger partial charge in [-0.3, -0.25) is 10.1 Å². The summed E-state index contributed by atoms with van der Waals surface area (Å²) in [6, 6.07) is 28.5. The van der Waals surface area contributed by atoms with Gasteiger partial charge in [-0.25, -0.2) is 0 Å². The molecule has 0 aliphatic carbocycles. The van der Waals surface area contributed by atoms with Crippen molar-refractivity contribution in [1.29, 1.82) is 0 Å². The molecule has 0 bridgehead atoms. The highest BCUT2D eigenvalue weighted by molar-refractivity contribution is 5.66. The average Bonchev–Trinajstić information content (AvgIpc) is 2.75. The lowest BCUT2D eigenvalue weighted by atomic mass is 9.77. The van der Waals surface area contributed by atoms with Gasteiger partial charge in [-0.05, 0) is 41.8 Å². The summed E-state index contributed by atoms with van der Waals surface area (Å²) in [5.41, 5.74) is 2.68. The van der Waals surface area contributed by atoms with Gasteiger partial charge in [-0.15, -0.1) is 0 Å². The Balaban J connectivity index is 2.11. The van der Waals surface area contributed by atoms with Gasteiger partial charge in [0.05, 0.1) is 12.6 Å². The maximum Gasteiger partial charge on any atom is 0.303 e. The maximum atomic E-state index is 11.0. The number of benzene rings is 3. The van der Waals surface area contributed by atoms with Crippen LogP contribution in [-0.4, -0.2) is 24.7 Å². The van der Waals surface area contributed by atoms with Crippen LogP contribution < -0.4 is 10.1 Å². The van der Waals surface area contributed by atoms with Crippen LogP contribution in [0.25, 0.3) is 0 Å². The van der Waals surface area contributed by atoms with Gasteiger partial charge in [0, 0.05) is 6.42 Å². The Kier molecular flexibility index (Phi) is 6.45. The van der Waals surface area contributed by atoms with Crippen LogP contribution in [0, 0.1) is 0 Å². The molecule has 3 aromatic carbocycles. The van der Waals surface area contributed by atoms with Crippen molar-refractivity contribution in [2.75, 3.05) is 13.7 Å². The van der Waals surface area contributed by atoms with Gasteiger partial charge in [-0.1, -0.05) is 72.8 Å². The minimum atomic E-state index is -0.781. The topological polar surface area (TPSA) is 58.6 Å². The van der Waals surface area contributed by atoms with Gasteiger partial charge < -0.3 is 9.84 Å². The van der Waals surface area contributed by atoms with Gasteiger partial charge in [0.1, 0.15) is 5.75 Å². The molecule has 0 heterocycles. The van der Waals surface area contributed by atoms with E-state index in [1.807, 2.05) is 48.5 Å². The second-order valence-electron chi connectivity index (χ2n) is 6.63. The van der Waals surface area contributed by atoms with Crippen molar-refractivity contribution >= 4 is 5.97 Å². The molecule has 0 saturated carbocycles. The van der Waals surface area contributed by atoms with Crippen LogP contribution >= 0.6 is 0 Å². The van der Waals surface area contributed by atoms with Crippen LogP contribution in [-0.2, 0) is 10.3 Å². The Bertz CT molecular complexity index is 837. The van der Waals surface area contributed by atoms with Crippen molar-refractivity contribution in [3.05, 3.63) is 102 Å². The number of hydrogen-bond acceptors (Lipinski definition) is 3. The number of nitrogens with one attached hydrogen (secondary N) is 1. The third-order valence-corrected chi connectivity index (χ3v) is 4.89. The van der Waals surface area contributed by atoms with Crippen molar-refractivity contribution in [2.45, 2.75) is 18.4 Å². The molecule has 3 rings (SSSR count). The summed E-state index contributed by atoms with van der Waals surface area (Å²) in [4.78, 5) is 11.0. The summed E-state index contributed by atoms with van der Waals surface area (Å²) in [6.07, 6.45) is 0.683. The van der Waals surface area contributed by atoms with Crippen LogP contribution in [0.15, 0.2) is 84.9 Å². The van der Waals surface area contributed by atoms with Gasteiger partial charge in [0.25, 0.3) is 0 Å². The van der Waals surface area contributed by atoms with Gasteiger partial charge in [0.15, 0.2) is 0 Å². The van der Waals surface area contributed by atoms with Crippen molar-refractivity contribution in [3.63, 3.8) is 0 Å². The van der Waals surface area contributed by atoms with Gasteiger partial charge >= 0.3 is 5.97 Å². The zero-order valence-corrected chi connectivity index (χ0v) is 16.0. The largest absolute Gasteiger partial charge is 0.497 e. The average molecular weight is 375 g/mol. The summed E-state index contributed by atoms with van der Waals surface area (Å²) in [7, 11) is 1.65. The molecular weight excluding hydrogens is 350 g/mol. The molecule has 3 aromatic rings. The van der Waals surface area contributed by atoms with Crippen LogP contribution in [0.1, 0.15) is 29.5 Å². The first kappa shape index (κ1) is 19.6. The smallest absolute Gasteiger partial charge is 0.303 e. The Morgan fingerprint density at radius 3 is 1.82 bits per heavy atom. The van der Waals surface area contributed by atoms with E-state index in [0.717, 1.165) is 22.4 Å². The molecule has 0 atom stereocenters. The number of carbonyl (C=O) groups is 1. The number of rotatable bonds is 9. The molecule has 4 heteroatoms. The lowest BCUT2D eigenvalue weighted by Crippen LogP contribution is -2.45. The van der Waals surface area contributed by atoms with Gasteiger partial charge in [-0.2, -0.15) is 0 Å². The molecule has 0 radical (unpaired) electrons. The van der Waals surface area contributed by atoms with Crippen LogP contribution in [0.2, 0.25) is 0 Å².